The molecule has 0 fully saturated rings. The maximum absolute atomic E-state index is 13.8. The first-order valence-corrected chi connectivity index (χ1v) is 8.66. The van der Waals surface area contributed by atoms with Gasteiger partial charge in [0.25, 0.3) is 5.91 Å². The number of aliphatic carboxylic acids is 1. The van der Waals surface area contributed by atoms with E-state index < -0.39 is 45.1 Å². The first-order valence-electron chi connectivity index (χ1n) is 7.18. The predicted octanol–water partition coefficient (Wildman–Crippen LogP) is 1.43. The number of halogens is 2. The summed E-state index contributed by atoms with van der Waals surface area (Å²) in [5, 5.41) is 11.3. The Morgan fingerprint density at radius 1 is 1.12 bits per heavy atom. The SMILES string of the molecule is CNS(=O)(=O)c1cccc(C(=O)N[C@H](C(=O)O)c2ccc(F)cc2F)c1. The van der Waals surface area contributed by atoms with Gasteiger partial charge in [-0.3, -0.25) is 4.79 Å². The third-order valence-electron chi connectivity index (χ3n) is 3.47. The van der Waals surface area contributed by atoms with E-state index in [-0.39, 0.29) is 10.5 Å². The van der Waals surface area contributed by atoms with Crippen LogP contribution in [0.25, 0.3) is 0 Å². The van der Waals surface area contributed by atoms with Crippen molar-refractivity contribution in [1.82, 2.24) is 10.0 Å². The molecule has 138 valence electrons. The summed E-state index contributed by atoms with van der Waals surface area (Å²) in [7, 11) is -2.62. The van der Waals surface area contributed by atoms with Crippen LogP contribution in [0.3, 0.4) is 0 Å². The van der Waals surface area contributed by atoms with Gasteiger partial charge in [0.05, 0.1) is 4.90 Å². The predicted molar refractivity (Wildman–Crippen MR) is 86.9 cm³/mol. The van der Waals surface area contributed by atoms with Crippen LogP contribution >= 0.6 is 0 Å². The van der Waals surface area contributed by atoms with Crippen LogP contribution in [0.5, 0.6) is 0 Å². The Labute approximate surface area is 147 Å². The Balaban J connectivity index is 2.34. The van der Waals surface area contributed by atoms with Gasteiger partial charge in [0.2, 0.25) is 10.0 Å². The highest BCUT2D eigenvalue weighted by Crippen LogP contribution is 2.20. The van der Waals surface area contributed by atoms with Crippen molar-refractivity contribution in [3.8, 4) is 0 Å². The third-order valence-corrected chi connectivity index (χ3v) is 4.88. The smallest absolute Gasteiger partial charge is 0.331 e. The van der Waals surface area contributed by atoms with Crippen molar-refractivity contribution in [3.63, 3.8) is 0 Å². The standard InChI is InChI=1S/C16H14F2N2O5S/c1-19-26(24,25)11-4-2-3-9(7-11)15(21)20-14(16(22)23)12-6-5-10(17)8-13(12)18/h2-8,14,19H,1H3,(H,20,21)(H,22,23)/t14-/m0/s1. The molecule has 0 saturated heterocycles. The highest BCUT2D eigenvalue weighted by Gasteiger charge is 2.26. The van der Waals surface area contributed by atoms with Crippen molar-refractivity contribution in [2.45, 2.75) is 10.9 Å². The number of carbonyl (C=O) groups is 2. The monoisotopic (exact) mass is 384 g/mol. The summed E-state index contributed by atoms with van der Waals surface area (Å²) >= 11 is 0. The minimum Gasteiger partial charge on any atom is -0.479 e. The summed E-state index contributed by atoms with van der Waals surface area (Å²) in [5.41, 5.74) is -0.582. The molecule has 0 radical (unpaired) electrons. The molecule has 1 amide bonds. The fourth-order valence-corrected chi connectivity index (χ4v) is 2.92. The normalized spacial score (nSPS) is 12.4. The molecular formula is C16H14F2N2O5S. The molecule has 2 aromatic carbocycles. The van der Waals surface area contributed by atoms with Gasteiger partial charge in [-0.2, -0.15) is 0 Å². The molecule has 26 heavy (non-hydrogen) atoms. The van der Waals surface area contributed by atoms with Crippen LogP contribution in [0.15, 0.2) is 47.4 Å². The average Bonchev–Trinajstić information content (AvgIpc) is 2.60. The second-order valence-electron chi connectivity index (χ2n) is 5.15. The van der Waals surface area contributed by atoms with E-state index in [2.05, 4.69) is 10.0 Å². The Kier molecular flexibility index (Phi) is 5.68. The maximum Gasteiger partial charge on any atom is 0.331 e. The second kappa shape index (κ2) is 7.58. The van der Waals surface area contributed by atoms with E-state index in [0.717, 1.165) is 18.2 Å². The molecule has 0 saturated carbocycles. The zero-order valence-electron chi connectivity index (χ0n) is 13.4. The highest BCUT2D eigenvalue weighted by atomic mass is 32.2. The van der Waals surface area contributed by atoms with Crippen LogP contribution in [0.1, 0.15) is 22.0 Å². The van der Waals surface area contributed by atoms with Gasteiger partial charge in [-0.25, -0.2) is 26.7 Å². The molecule has 0 aliphatic carbocycles. The molecule has 0 heterocycles. The molecule has 0 spiro atoms. The summed E-state index contributed by atoms with van der Waals surface area (Å²) in [6.07, 6.45) is 0. The van der Waals surface area contributed by atoms with Gasteiger partial charge in [-0.15, -0.1) is 0 Å². The molecule has 0 bridgehead atoms. The number of carbonyl (C=O) groups excluding carboxylic acids is 1. The van der Waals surface area contributed by atoms with Crippen LogP contribution < -0.4 is 10.0 Å². The number of sulfonamides is 1. The Morgan fingerprint density at radius 3 is 2.38 bits per heavy atom. The van der Waals surface area contributed by atoms with Gasteiger partial charge in [0, 0.05) is 17.2 Å². The van der Waals surface area contributed by atoms with E-state index in [4.69, 9.17) is 0 Å². The van der Waals surface area contributed by atoms with E-state index in [9.17, 15) is 31.9 Å². The summed E-state index contributed by atoms with van der Waals surface area (Å²) in [4.78, 5) is 23.5. The molecular weight excluding hydrogens is 370 g/mol. The summed E-state index contributed by atoms with van der Waals surface area (Å²) in [6.45, 7) is 0. The van der Waals surface area contributed by atoms with E-state index in [1.54, 1.807) is 0 Å². The molecule has 0 aliphatic heterocycles. The number of carboxylic acids is 1. The maximum atomic E-state index is 13.8. The lowest BCUT2D eigenvalue weighted by molar-refractivity contribution is -0.139. The van der Waals surface area contributed by atoms with Gasteiger partial charge < -0.3 is 10.4 Å². The Morgan fingerprint density at radius 2 is 1.81 bits per heavy atom. The van der Waals surface area contributed by atoms with Crippen LogP contribution in [0, 0.1) is 11.6 Å². The van der Waals surface area contributed by atoms with Crippen LogP contribution in [0.4, 0.5) is 8.78 Å². The van der Waals surface area contributed by atoms with Crippen molar-refractivity contribution in [1.29, 1.82) is 0 Å². The fourth-order valence-electron chi connectivity index (χ4n) is 2.14. The summed E-state index contributed by atoms with van der Waals surface area (Å²) < 4.78 is 52.5. The lowest BCUT2D eigenvalue weighted by Gasteiger charge is -2.16. The van der Waals surface area contributed by atoms with Gasteiger partial charge in [0.1, 0.15) is 11.6 Å². The Bertz CT molecular complexity index is 963. The first-order chi connectivity index (χ1) is 12.2. The minimum absolute atomic E-state index is 0.143. The number of rotatable bonds is 6. The first kappa shape index (κ1) is 19.5. The number of hydrogen-bond donors (Lipinski definition) is 3. The molecule has 0 aliphatic rings. The van der Waals surface area contributed by atoms with Gasteiger partial charge >= 0.3 is 5.97 Å². The third kappa shape index (κ3) is 4.21. The number of benzene rings is 2. The molecule has 7 nitrogen and oxygen atoms in total. The molecule has 1 atom stereocenters. The van der Waals surface area contributed by atoms with Gasteiger partial charge in [0.15, 0.2) is 6.04 Å². The fraction of sp³-hybridized carbons (Fsp3) is 0.125. The zero-order valence-corrected chi connectivity index (χ0v) is 14.2. The zero-order chi connectivity index (χ0) is 19.5. The average molecular weight is 384 g/mol. The van der Waals surface area contributed by atoms with E-state index >= 15 is 0 Å². The lowest BCUT2D eigenvalue weighted by Crippen LogP contribution is -2.34. The topological polar surface area (TPSA) is 113 Å². The number of amides is 1. The van der Waals surface area contributed by atoms with E-state index in [1.165, 1.54) is 25.2 Å². The van der Waals surface area contributed by atoms with Gasteiger partial charge in [-0.05, 0) is 31.3 Å². The Hall–Kier alpha value is -2.85. The van der Waals surface area contributed by atoms with Crippen molar-refractivity contribution in [3.05, 3.63) is 65.2 Å². The van der Waals surface area contributed by atoms with Crippen LogP contribution in [-0.4, -0.2) is 32.4 Å². The molecule has 10 heteroatoms. The van der Waals surface area contributed by atoms with Crippen molar-refractivity contribution < 1.29 is 31.9 Å². The van der Waals surface area contributed by atoms with Crippen LogP contribution in [-0.2, 0) is 14.8 Å². The largest absolute Gasteiger partial charge is 0.479 e. The van der Waals surface area contributed by atoms with Crippen molar-refractivity contribution in [2.75, 3.05) is 7.05 Å². The summed E-state index contributed by atoms with van der Waals surface area (Å²) in [6, 6.07) is 5.34. The summed E-state index contributed by atoms with van der Waals surface area (Å²) in [5.74, 6) is -4.53. The molecule has 0 aromatic heterocycles. The number of hydrogen-bond acceptors (Lipinski definition) is 4. The van der Waals surface area contributed by atoms with Crippen molar-refractivity contribution in [2.24, 2.45) is 0 Å². The highest BCUT2D eigenvalue weighted by molar-refractivity contribution is 7.89. The molecule has 3 N–H and O–H groups in total. The van der Waals surface area contributed by atoms with Crippen LogP contribution in [0.2, 0.25) is 0 Å². The molecule has 0 unspecified atom stereocenters. The second-order valence-corrected chi connectivity index (χ2v) is 7.03. The van der Waals surface area contributed by atoms with E-state index in [0.29, 0.717) is 6.07 Å². The minimum atomic E-state index is -3.81. The number of carboxylic acid groups (broad SMARTS) is 1. The molecule has 2 aromatic rings. The lowest BCUT2D eigenvalue weighted by atomic mass is 10.1. The quantitative estimate of drug-likeness (QED) is 0.697. The van der Waals surface area contributed by atoms with E-state index in [1.807, 2.05) is 0 Å². The number of nitrogens with one attached hydrogen (secondary N) is 2. The molecule has 2 rings (SSSR count). The van der Waals surface area contributed by atoms with Gasteiger partial charge in [-0.1, -0.05) is 12.1 Å². The van der Waals surface area contributed by atoms with Crippen molar-refractivity contribution >= 4 is 21.9 Å².